The minimum absolute atomic E-state index is 0.654. The van der Waals surface area contributed by atoms with Crippen LogP contribution in [0.5, 0.6) is 0 Å². The number of furan rings is 1. The zero-order valence-electron chi connectivity index (χ0n) is 17.9. The molecule has 3 aromatic carbocycles. The third-order valence-electron chi connectivity index (χ3n) is 5.93. The van der Waals surface area contributed by atoms with Crippen molar-refractivity contribution in [2.24, 2.45) is 0 Å². The molecule has 6 aromatic rings. The lowest BCUT2D eigenvalue weighted by Gasteiger charge is -2.02. The zero-order chi connectivity index (χ0) is 21.7. The molecule has 0 N–H and O–H groups in total. The molecule has 0 saturated heterocycles. The second kappa shape index (κ2) is 7.20. The predicted octanol–water partition coefficient (Wildman–Crippen LogP) is 6.80. The molecule has 0 fully saturated rings. The lowest BCUT2D eigenvalue weighted by Crippen LogP contribution is -2.35. The Bertz CT molecular complexity index is 1580. The maximum Gasteiger partial charge on any atom is 0.387 e. The number of fused-ring (bicyclic) bond motifs is 3. The topological polar surface area (TPSA) is 43.0 Å². The van der Waals surface area contributed by atoms with Crippen molar-refractivity contribution in [1.82, 2.24) is 4.98 Å². The van der Waals surface area contributed by atoms with Crippen LogP contribution in [0.2, 0.25) is 0 Å². The molecule has 6 rings (SSSR count). The van der Waals surface area contributed by atoms with E-state index in [0.29, 0.717) is 5.71 Å². The van der Waals surface area contributed by atoms with Crippen molar-refractivity contribution in [2.75, 3.05) is 0 Å². The minimum atomic E-state index is 0.654. The zero-order valence-corrected chi connectivity index (χ0v) is 17.9. The fraction of sp³-hybridized carbons (Fsp3) is 0.0714. The van der Waals surface area contributed by atoms with Gasteiger partial charge in [-0.1, -0.05) is 48.5 Å². The molecule has 0 bridgehead atoms. The van der Waals surface area contributed by atoms with Gasteiger partial charge in [0.2, 0.25) is 22.9 Å². The van der Waals surface area contributed by atoms with E-state index in [1.807, 2.05) is 48.5 Å². The van der Waals surface area contributed by atoms with E-state index >= 15 is 0 Å². The summed E-state index contributed by atoms with van der Waals surface area (Å²) < 4.78 is 14.7. The van der Waals surface area contributed by atoms with E-state index in [0.717, 1.165) is 56.1 Å². The quantitative estimate of drug-likeness (QED) is 0.297. The second-order valence-corrected chi connectivity index (χ2v) is 7.98. The van der Waals surface area contributed by atoms with E-state index in [-0.39, 0.29) is 0 Å². The summed E-state index contributed by atoms with van der Waals surface area (Å²) in [5.41, 5.74) is 6.78. The van der Waals surface area contributed by atoms with Crippen molar-refractivity contribution >= 4 is 22.1 Å². The summed E-state index contributed by atoms with van der Waals surface area (Å²) in [5, 5.41) is 2.05. The van der Waals surface area contributed by atoms with Gasteiger partial charge in [0.05, 0.1) is 5.56 Å². The highest BCUT2D eigenvalue weighted by atomic mass is 16.4. The lowest BCUT2D eigenvalue weighted by molar-refractivity contribution is -0.593. The first-order valence-corrected chi connectivity index (χ1v) is 10.7. The number of aromatic nitrogens is 2. The van der Waals surface area contributed by atoms with Gasteiger partial charge < -0.3 is 8.83 Å². The van der Waals surface area contributed by atoms with Crippen LogP contribution in [-0.2, 0) is 0 Å². The summed E-state index contributed by atoms with van der Waals surface area (Å²) in [6.07, 6.45) is 1.76. The summed E-state index contributed by atoms with van der Waals surface area (Å²) in [7, 11) is 0. The number of pyridine rings is 1. The molecule has 154 valence electrons. The van der Waals surface area contributed by atoms with Gasteiger partial charge in [-0.15, -0.1) is 4.57 Å². The van der Waals surface area contributed by atoms with Crippen LogP contribution < -0.4 is 4.57 Å². The van der Waals surface area contributed by atoms with Gasteiger partial charge in [-0.25, -0.2) is 4.98 Å². The smallest absolute Gasteiger partial charge is 0.387 e. The fourth-order valence-electron chi connectivity index (χ4n) is 4.37. The fourth-order valence-corrected chi connectivity index (χ4v) is 4.37. The van der Waals surface area contributed by atoms with E-state index in [1.54, 1.807) is 6.20 Å². The van der Waals surface area contributed by atoms with Gasteiger partial charge in [0.25, 0.3) is 0 Å². The van der Waals surface area contributed by atoms with Crippen LogP contribution in [0.3, 0.4) is 0 Å². The number of aryl methyl sites for hydroxylation is 1. The largest absolute Gasteiger partial charge is 0.438 e. The van der Waals surface area contributed by atoms with Gasteiger partial charge in [0.15, 0.2) is 0 Å². The molecule has 0 atom stereocenters. The Morgan fingerprint density at radius 3 is 2.19 bits per heavy atom. The average molecular weight is 417 g/mol. The number of benzene rings is 3. The predicted molar refractivity (Wildman–Crippen MR) is 126 cm³/mol. The summed E-state index contributed by atoms with van der Waals surface area (Å²) in [4.78, 5) is 4.38. The van der Waals surface area contributed by atoms with Crippen LogP contribution in [0.4, 0.5) is 0 Å². The Morgan fingerprint density at radius 1 is 0.719 bits per heavy atom. The molecule has 0 saturated carbocycles. The normalized spacial score (nSPS) is 11.4. The van der Waals surface area contributed by atoms with Crippen LogP contribution in [-0.4, -0.2) is 4.98 Å². The van der Waals surface area contributed by atoms with Crippen LogP contribution in [0.1, 0.15) is 11.3 Å². The molecule has 3 aromatic heterocycles. The van der Waals surface area contributed by atoms with Crippen LogP contribution in [0.15, 0.2) is 100.0 Å². The first-order chi connectivity index (χ1) is 15.7. The summed E-state index contributed by atoms with van der Waals surface area (Å²) in [6.45, 7) is 4.21. The number of oxazole rings is 1. The monoisotopic (exact) mass is 417 g/mol. The molecule has 0 aliphatic carbocycles. The minimum Gasteiger partial charge on any atom is -0.438 e. The molecule has 0 spiro atoms. The number of rotatable bonds is 3. The second-order valence-electron chi connectivity index (χ2n) is 7.98. The van der Waals surface area contributed by atoms with Crippen molar-refractivity contribution in [2.45, 2.75) is 13.8 Å². The maximum absolute atomic E-state index is 6.54. The molecule has 0 amide bonds. The molecular formula is C28H21N2O2+. The molecule has 4 nitrogen and oxygen atoms in total. The Hall–Kier alpha value is -4.18. The highest BCUT2D eigenvalue weighted by molar-refractivity contribution is 6.04. The van der Waals surface area contributed by atoms with Crippen LogP contribution >= 0.6 is 0 Å². The SMILES string of the molecule is Cc1cc2oc3ncccc3c2cc1-[n+]1c(-c2ccccc2)oc(-c2ccccc2)c1C. The van der Waals surface area contributed by atoms with Gasteiger partial charge >= 0.3 is 5.89 Å². The van der Waals surface area contributed by atoms with E-state index in [4.69, 9.17) is 8.83 Å². The molecule has 32 heavy (non-hydrogen) atoms. The molecule has 4 heteroatoms. The summed E-state index contributed by atoms with van der Waals surface area (Å²) in [6, 6.07) is 28.7. The van der Waals surface area contributed by atoms with Gasteiger partial charge in [0.1, 0.15) is 5.58 Å². The van der Waals surface area contributed by atoms with Gasteiger partial charge in [-0.3, -0.25) is 0 Å². The number of hydrogen-bond donors (Lipinski definition) is 0. The van der Waals surface area contributed by atoms with Crippen molar-refractivity contribution in [3.05, 3.63) is 102 Å². The maximum atomic E-state index is 6.54. The Morgan fingerprint density at radius 2 is 1.44 bits per heavy atom. The molecule has 0 radical (unpaired) electrons. The highest BCUT2D eigenvalue weighted by Crippen LogP contribution is 2.33. The number of nitrogens with zero attached hydrogens (tertiary/aromatic N) is 2. The lowest BCUT2D eigenvalue weighted by atomic mass is 10.1. The Balaban J connectivity index is 1.67. The van der Waals surface area contributed by atoms with Crippen molar-refractivity contribution in [1.29, 1.82) is 0 Å². The van der Waals surface area contributed by atoms with E-state index in [2.05, 4.69) is 59.8 Å². The highest BCUT2D eigenvalue weighted by Gasteiger charge is 2.31. The van der Waals surface area contributed by atoms with Crippen molar-refractivity contribution in [3.8, 4) is 28.5 Å². The molecule has 3 heterocycles. The molecular weight excluding hydrogens is 396 g/mol. The Kier molecular flexibility index (Phi) is 4.18. The van der Waals surface area contributed by atoms with Crippen molar-refractivity contribution < 1.29 is 13.4 Å². The van der Waals surface area contributed by atoms with Gasteiger partial charge in [-0.05, 0) is 37.3 Å². The average Bonchev–Trinajstić information content (AvgIpc) is 3.36. The van der Waals surface area contributed by atoms with Crippen molar-refractivity contribution in [3.63, 3.8) is 0 Å². The number of hydrogen-bond acceptors (Lipinski definition) is 3. The van der Waals surface area contributed by atoms with Gasteiger partial charge in [0, 0.05) is 41.1 Å². The third kappa shape index (κ3) is 2.84. The van der Waals surface area contributed by atoms with Crippen LogP contribution in [0, 0.1) is 13.8 Å². The third-order valence-corrected chi connectivity index (χ3v) is 5.93. The molecule has 0 aliphatic heterocycles. The Labute approximate surface area is 185 Å². The first-order valence-electron chi connectivity index (χ1n) is 10.7. The molecule has 0 unspecified atom stereocenters. The molecule has 0 aliphatic rings. The van der Waals surface area contributed by atoms with E-state index in [1.165, 1.54) is 0 Å². The van der Waals surface area contributed by atoms with E-state index < -0.39 is 0 Å². The van der Waals surface area contributed by atoms with E-state index in [9.17, 15) is 0 Å². The first kappa shape index (κ1) is 18.6. The van der Waals surface area contributed by atoms with Crippen LogP contribution in [0.25, 0.3) is 50.5 Å². The summed E-state index contributed by atoms with van der Waals surface area (Å²) >= 11 is 0. The summed E-state index contributed by atoms with van der Waals surface area (Å²) in [5.74, 6) is 1.66. The standard InChI is InChI=1S/C28H21N2O2/c1-18-16-25-23(22-14-9-15-29-27(22)31-25)17-24(18)30-19(2)26(20-10-5-3-6-11-20)32-28(30)21-12-7-4-8-13-21/h3-17H,1-2H3/q+1. The van der Waals surface area contributed by atoms with Gasteiger partial charge in [-0.2, -0.15) is 0 Å².